The first kappa shape index (κ1) is 9.00. The van der Waals surface area contributed by atoms with Crippen LogP contribution in [0.5, 0.6) is 0 Å². The van der Waals surface area contributed by atoms with Crippen LogP contribution in [0.4, 0.5) is 0 Å². The Morgan fingerprint density at radius 1 is 1.50 bits per heavy atom. The van der Waals surface area contributed by atoms with E-state index in [0.717, 1.165) is 0 Å². The molecule has 64 valence electrons. The first-order chi connectivity index (χ1) is 5.61. The fraction of sp³-hybridized carbons (Fsp3) is 0.250. The molecule has 0 aromatic heterocycles. The van der Waals surface area contributed by atoms with Crippen LogP contribution in [0.3, 0.4) is 0 Å². The Morgan fingerprint density at radius 3 is 2.67 bits per heavy atom. The van der Waals surface area contributed by atoms with Gasteiger partial charge in [-0.15, -0.1) is 0 Å². The number of nitro groups is 1. The van der Waals surface area contributed by atoms with Gasteiger partial charge in [0.25, 0.3) is 5.70 Å². The van der Waals surface area contributed by atoms with Gasteiger partial charge in [0.15, 0.2) is 0 Å². The zero-order valence-corrected chi connectivity index (χ0v) is 7.28. The van der Waals surface area contributed by atoms with Gasteiger partial charge in [0.05, 0.1) is 4.92 Å². The van der Waals surface area contributed by atoms with Crippen molar-refractivity contribution in [3.63, 3.8) is 0 Å². The van der Waals surface area contributed by atoms with Crippen molar-refractivity contribution in [1.29, 1.82) is 0 Å². The smallest absolute Gasteiger partial charge is 0.258 e. The van der Waals surface area contributed by atoms with Gasteiger partial charge in [0, 0.05) is 6.08 Å². The van der Waals surface area contributed by atoms with Crippen LogP contribution >= 0.6 is 11.6 Å². The summed E-state index contributed by atoms with van der Waals surface area (Å²) in [5.74, 6) is 0.191. The zero-order chi connectivity index (χ0) is 9.14. The summed E-state index contributed by atoms with van der Waals surface area (Å²) in [5.41, 5.74) is -0.0442. The third-order valence-corrected chi connectivity index (χ3v) is 1.86. The normalized spacial score (nSPS) is 22.7. The van der Waals surface area contributed by atoms with E-state index >= 15 is 0 Å². The fourth-order valence-electron chi connectivity index (χ4n) is 0.856. The summed E-state index contributed by atoms with van der Waals surface area (Å²) in [6, 6.07) is 0. The van der Waals surface area contributed by atoms with Gasteiger partial charge in [-0.25, -0.2) is 0 Å². The summed E-state index contributed by atoms with van der Waals surface area (Å²) in [4.78, 5) is 9.92. The van der Waals surface area contributed by atoms with E-state index in [4.69, 9.17) is 11.6 Å². The highest BCUT2D eigenvalue weighted by Crippen LogP contribution is 2.18. The Morgan fingerprint density at radius 2 is 2.08 bits per heavy atom. The number of hydrogen-bond donors (Lipinski definition) is 0. The molecule has 0 saturated carbocycles. The molecule has 1 aliphatic carbocycles. The van der Waals surface area contributed by atoms with Gasteiger partial charge in [-0.1, -0.05) is 30.7 Å². The van der Waals surface area contributed by atoms with E-state index in [9.17, 15) is 10.1 Å². The molecule has 3 nitrogen and oxygen atoms in total. The van der Waals surface area contributed by atoms with Gasteiger partial charge in [-0.3, -0.25) is 10.1 Å². The number of halogens is 1. The Bertz CT molecular complexity index is 291. The summed E-state index contributed by atoms with van der Waals surface area (Å²) in [5, 5.41) is 10.6. The minimum absolute atomic E-state index is 0.0442. The van der Waals surface area contributed by atoms with E-state index < -0.39 is 4.92 Å². The molecule has 0 fully saturated rings. The van der Waals surface area contributed by atoms with Gasteiger partial charge >= 0.3 is 0 Å². The summed E-state index contributed by atoms with van der Waals surface area (Å²) in [6.07, 6.45) is 6.55. The largest absolute Gasteiger partial charge is 0.287 e. The van der Waals surface area contributed by atoms with E-state index in [1.165, 1.54) is 6.08 Å². The number of rotatable bonds is 1. The lowest BCUT2D eigenvalue weighted by atomic mass is 10.2. The molecular formula is C8H8ClNO2. The van der Waals surface area contributed by atoms with Gasteiger partial charge < -0.3 is 0 Å². The van der Waals surface area contributed by atoms with E-state index in [1.807, 2.05) is 13.0 Å². The van der Waals surface area contributed by atoms with Crippen molar-refractivity contribution in [3.8, 4) is 0 Å². The van der Waals surface area contributed by atoms with Crippen molar-refractivity contribution in [3.05, 3.63) is 45.1 Å². The molecule has 1 aliphatic rings. The van der Waals surface area contributed by atoms with Crippen molar-refractivity contribution in [2.24, 2.45) is 5.92 Å². The minimum Gasteiger partial charge on any atom is -0.258 e. The molecule has 0 saturated heterocycles. The van der Waals surface area contributed by atoms with E-state index in [1.54, 1.807) is 12.2 Å². The quantitative estimate of drug-likeness (QED) is 0.465. The molecule has 1 atom stereocenters. The number of allylic oxidation sites excluding steroid dienone is 5. The van der Waals surface area contributed by atoms with Gasteiger partial charge in [-0.05, 0) is 12.0 Å². The molecule has 0 N–H and O–H groups in total. The maximum atomic E-state index is 10.4. The summed E-state index contributed by atoms with van der Waals surface area (Å²) in [6.45, 7) is 1.93. The Balaban J connectivity index is 3.04. The highest BCUT2D eigenvalue weighted by Gasteiger charge is 2.13. The first-order valence-electron chi connectivity index (χ1n) is 3.52. The van der Waals surface area contributed by atoms with E-state index in [0.29, 0.717) is 0 Å². The molecule has 1 rings (SSSR count). The predicted octanol–water partition coefficient (Wildman–Crippen LogP) is 2.48. The molecule has 0 aromatic rings. The Kier molecular flexibility index (Phi) is 2.65. The monoisotopic (exact) mass is 185 g/mol. The SMILES string of the molecule is CC1C=CC(Cl)=C([N+](=O)[O-])C=C1. The lowest BCUT2D eigenvalue weighted by molar-refractivity contribution is -0.419. The maximum Gasteiger partial charge on any atom is 0.287 e. The lowest BCUT2D eigenvalue weighted by Gasteiger charge is -1.91. The van der Waals surface area contributed by atoms with E-state index in [-0.39, 0.29) is 16.6 Å². The topological polar surface area (TPSA) is 43.1 Å². The molecule has 0 heterocycles. The van der Waals surface area contributed by atoms with E-state index in [2.05, 4.69) is 0 Å². The average molecular weight is 186 g/mol. The van der Waals surface area contributed by atoms with Crippen LogP contribution < -0.4 is 0 Å². The van der Waals surface area contributed by atoms with Gasteiger partial charge in [0.2, 0.25) is 0 Å². The molecule has 0 aliphatic heterocycles. The second-order valence-corrected chi connectivity index (χ2v) is 2.97. The third-order valence-electron chi connectivity index (χ3n) is 1.55. The standard InChI is InChI=1S/C8H8ClNO2/c1-6-2-4-7(9)8(5-3-6)10(11)12/h2-6H,1H3. The maximum absolute atomic E-state index is 10.4. The van der Waals surface area contributed by atoms with Crippen molar-refractivity contribution in [1.82, 2.24) is 0 Å². The summed E-state index contributed by atoms with van der Waals surface area (Å²) >= 11 is 5.65. The second-order valence-electron chi connectivity index (χ2n) is 2.57. The molecule has 4 heteroatoms. The molecule has 0 aromatic carbocycles. The molecule has 12 heavy (non-hydrogen) atoms. The predicted molar refractivity (Wildman–Crippen MR) is 47.3 cm³/mol. The molecule has 1 unspecified atom stereocenters. The highest BCUT2D eigenvalue weighted by molar-refractivity contribution is 6.31. The Labute approximate surface area is 75.2 Å². The second kappa shape index (κ2) is 3.54. The Hall–Kier alpha value is -1.09. The molecule has 0 radical (unpaired) electrons. The van der Waals surface area contributed by atoms with Crippen molar-refractivity contribution >= 4 is 11.6 Å². The van der Waals surface area contributed by atoms with Crippen LogP contribution in [-0.2, 0) is 0 Å². The van der Waals surface area contributed by atoms with Crippen LogP contribution in [0, 0.1) is 16.0 Å². The van der Waals surface area contributed by atoms with Gasteiger partial charge in [0.1, 0.15) is 5.03 Å². The third kappa shape index (κ3) is 1.95. The highest BCUT2D eigenvalue weighted by atomic mass is 35.5. The molecule has 0 bridgehead atoms. The zero-order valence-electron chi connectivity index (χ0n) is 6.53. The van der Waals surface area contributed by atoms with Crippen LogP contribution in [0.25, 0.3) is 0 Å². The van der Waals surface area contributed by atoms with Gasteiger partial charge in [-0.2, -0.15) is 0 Å². The van der Waals surface area contributed by atoms with Crippen molar-refractivity contribution in [2.45, 2.75) is 6.92 Å². The van der Waals surface area contributed by atoms with Crippen LogP contribution in [-0.4, -0.2) is 4.92 Å². The average Bonchev–Trinajstić information content (AvgIpc) is 2.14. The van der Waals surface area contributed by atoms with Crippen LogP contribution in [0.2, 0.25) is 0 Å². The molecule has 0 spiro atoms. The van der Waals surface area contributed by atoms with Crippen LogP contribution in [0.15, 0.2) is 35.0 Å². The summed E-state index contributed by atoms with van der Waals surface area (Å²) < 4.78 is 0. The van der Waals surface area contributed by atoms with Crippen molar-refractivity contribution in [2.75, 3.05) is 0 Å². The molecular weight excluding hydrogens is 178 g/mol. The van der Waals surface area contributed by atoms with Crippen molar-refractivity contribution < 1.29 is 4.92 Å². The van der Waals surface area contributed by atoms with Crippen LogP contribution in [0.1, 0.15) is 6.92 Å². The fourth-order valence-corrected chi connectivity index (χ4v) is 1.06. The number of nitrogens with zero attached hydrogens (tertiary/aromatic N) is 1. The first-order valence-corrected chi connectivity index (χ1v) is 3.89. The summed E-state index contributed by atoms with van der Waals surface area (Å²) in [7, 11) is 0. The lowest BCUT2D eigenvalue weighted by Crippen LogP contribution is -1.96. The minimum atomic E-state index is -0.485. The molecule has 0 amide bonds. The number of hydrogen-bond acceptors (Lipinski definition) is 2.